The van der Waals surface area contributed by atoms with Gasteiger partial charge in [0.1, 0.15) is 11.4 Å². The second-order valence-corrected chi connectivity index (χ2v) is 4.99. The Morgan fingerprint density at radius 3 is 2.80 bits per heavy atom. The number of hydrogen-bond acceptors (Lipinski definition) is 2. The molecule has 1 unspecified atom stereocenters. The average Bonchev–Trinajstić information content (AvgIpc) is 2.35. The number of benzene rings is 1. The molecule has 3 rings (SSSR count). The second kappa shape index (κ2) is 4.72. The monoisotopic (exact) mass is 278 g/mol. The van der Waals surface area contributed by atoms with Crippen LogP contribution in [0.5, 0.6) is 0 Å². The van der Waals surface area contributed by atoms with E-state index in [1.165, 1.54) is 18.3 Å². The first-order valence-corrected chi connectivity index (χ1v) is 6.16. The zero-order valence-electron chi connectivity index (χ0n) is 10.9. The molecule has 0 aliphatic carbocycles. The Morgan fingerprint density at radius 1 is 1.45 bits per heavy atom. The highest BCUT2D eigenvalue weighted by Gasteiger charge is 2.22. The van der Waals surface area contributed by atoms with Crippen LogP contribution in [0.15, 0.2) is 23.1 Å². The highest BCUT2D eigenvalue weighted by atomic mass is 19.1. The molecule has 1 aliphatic heterocycles. The van der Waals surface area contributed by atoms with Crippen molar-refractivity contribution in [3.63, 3.8) is 0 Å². The standard InChI is InChI=1S/C14H13FN2O2.H2O/c1-7-2-3-8-4-9(15)5-10-12(8)17(7)6-11(13(10)18)14(16)19;/h4-7H,2-3H2,1H3,(H2,16,19);1H2. The van der Waals surface area contributed by atoms with Crippen LogP contribution in [-0.4, -0.2) is 16.0 Å². The summed E-state index contributed by atoms with van der Waals surface area (Å²) in [6.45, 7) is 2.00. The average molecular weight is 278 g/mol. The van der Waals surface area contributed by atoms with Crippen LogP contribution in [-0.2, 0) is 6.42 Å². The molecule has 1 aliphatic rings. The number of carbonyl (C=O) groups is 1. The summed E-state index contributed by atoms with van der Waals surface area (Å²) in [6, 6.07) is 2.79. The first-order chi connectivity index (χ1) is 8.99. The summed E-state index contributed by atoms with van der Waals surface area (Å²) in [6.07, 6.45) is 3.07. The number of carbonyl (C=O) groups excluding carboxylic acids is 1. The largest absolute Gasteiger partial charge is 0.412 e. The van der Waals surface area contributed by atoms with Gasteiger partial charge in [0, 0.05) is 17.6 Å². The molecule has 6 heteroatoms. The van der Waals surface area contributed by atoms with Crippen molar-refractivity contribution in [1.82, 2.24) is 4.57 Å². The summed E-state index contributed by atoms with van der Waals surface area (Å²) in [7, 11) is 0. The number of aryl methyl sites for hydroxylation is 1. The summed E-state index contributed by atoms with van der Waals surface area (Å²) in [4.78, 5) is 23.5. The van der Waals surface area contributed by atoms with Crippen LogP contribution in [0.25, 0.3) is 10.9 Å². The van der Waals surface area contributed by atoms with Gasteiger partial charge in [-0.05, 0) is 37.5 Å². The van der Waals surface area contributed by atoms with Crippen LogP contribution in [0.4, 0.5) is 4.39 Å². The third kappa shape index (κ3) is 1.89. The minimum atomic E-state index is -0.778. The van der Waals surface area contributed by atoms with Gasteiger partial charge in [-0.15, -0.1) is 0 Å². The molecule has 0 spiro atoms. The Labute approximate surface area is 114 Å². The Hall–Kier alpha value is -2.21. The number of amides is 1. The summed E-state index contributed by atoms with van der Waals surface area (Å²) < 4.78 is 15.4. The van der Waals surface area contributed by atoms with Gasteiger partial charge in [0.25, 0.3) is 5.91 Å². The number of rotatable bonds is 1. The van der Waals surface area contributed by atoms with E-state index in [0.29, 0.717) is 0 Å². The van der Waals surface area contributed by atoms with Crippen molar-refractivity contribution >= 4 is 16.8 Å². The second-order valence-electron chi connectivity index (χ2n) is 4.99. The van der Waals surface area contributed by atoms with Gasteiger partial charge in [-0.3, -0.25) is 9.59 Å². The smallest absolute Gasteiger partial charge is 0.254 e. The number of aromatic nitrogens is 1. The number of nitrogens with two attached hydrogens (primary N) is 1. The summed E-state index contributed by atoms with van der Waals surface area (Å²) in [5, 5.41) is 0.234. The van der Waals surface area contributed by atoms with Crippen LogP contribution in [0.2, 0.25) is 0 Å². The molecule has 2 aromatic rings. The molecule has 1 amide bonds. The Balaban J connectivity index is 0.00000147. The van der Waals surface area contributed by atoms with Gasteiger partial charge in [0.15, 0.2) is 0 Å². The predicted octanol–water partition coefficient (Wildman–Crippen LogP) is 0.922. The van der Waals surface area contributed by atoms with Gasteiger partial charge < -0.3 is 15.8 Å². The lowest BCUT2D eigenvalue weighted by molar-refractivity contribution is 0.0998. The van der Waals surface area contributed by atoms with Crippen molar-refractivity contribution in [3.05, 3.63) is 45.5 Å². The Bertz CT molecular complexity index is 767. The van der Waals surface area contributed by atoms with Crippen LogP contribution in [0.3, 0.4) is 0 Å². The van der Waals surface area contributed by atoms with Crippen molar-refractivity contribution in [2.75, 3.05) is 0 Å². The maximum Gasteiger partial charge on any atom is 0.254 e. The summed E-state index contributed by atoms with van der Waals surface area (Å²) >= 11 is 0. The molecule has 4 N–H and O–H groups in total. The molecule has 0 bridgehead atoms. The van der Waals surface area contributed by atoms with Gasteiger partial charge in [-0.2, -0.15) is 0 Å². The molecule has 1 aromatic carbocycles. The topological polar surface area (TPSA) is 96.6 Å². The fourth-order valence-corrected chi connectivity index (χ4v) is 2.76. The molecule has 0 fully saturated rings. The first kappa shape index (κ1) is 14.2. The van der Waals surface area contributed by atoms with E-state index >= 15 is 0 Å². The quantitative estimate of drug-likeness (QED) is 0.839. The van der Waals surface area contributed by atoms with E-state index in [4.69, 9.17) is 5.73 Å². The zero-order chi connectivity index (χ0) is 13.7. The predicted molar refractivity (Wildman–Crippen MR) is 73.3 cm³/mol. The minimum absolute atomic E-state index is 0. The molecule has 0 saturated carbocycles. The molecule has 2 heterocycles. The molecule has 106 valence electrons. The summed E-state index contributed by atoms with van der Waals surface area (Å²) in [5.74, 6) is -1.23. The van der Waals surface area contributed by atoms with E-state index in [2.05, 4.69) is 0 Å². The Morgan fingerprint density at radius 2 is 2.15 bits per heavy atom. The van der Waals surface area contributed by atoms with Crippen molar-refractivity contribution in [2.45, 2.75) is 25.8 Å². The number of nitrogens with zero attached hydrogens (tertiary/aromatic N) is 1. The number of pyridine rings is 1. The van der Waals surface area contributed by atoms with Crippen molar-refractivity contribution < 1.29 is 14.7 Å². The first-order valence-electron chi connectivity index (χ1n) is 6.16. The fraction of sp³-hybridized carbons (Fsp3) is 0.286. The molecule has 0 radical (unpaired) electrons. The van der Waals surface area contributed by atoms with Crippen LogP contribution in [0, 0.1) is 5.82 Å². The number of primary amides is 1. The lowest BCUT2D eigenvalue weighted by Gasteiger charge is -2.26. The molecule has 1 aromatic heterocycles. The zero-order valence-corrected chi connectivity index (χ0v) is 10.9. The molecule has 0 saturated heterocycles. The molecule has 1 atom stereocenters. The molecular weight excluding hydrogens is 263 g/mol. The van der Waals surface area contributed by atoms with Crippen LogP contribution in [0.1, 0.15) is 35.3 Å². The SMILES string of the molecule is CC1CCc2cc(F)cc3c(=O)c(C(N)=O)cn1c23.O. The van der Waals surface area contributed by atoms with Crippen molar-refractivity contribution in [2.24, 2.45) is 5.73 Å². The molecule has 20 heavy (non-hydrogen) atoms. The van der Waals surface area contributed by atoms with Gasteiger partial charge >= 0.3 is 0 Å². The van der Waals surface area contributed by atoms with Gasteiger partial charge in [0.2, 0.25) is 5.43 Å². The third-order valence-electron chi connectivity index (χ3n) is 3.74. The van der Waals surface area contributed by atoms with Gasteiger partial charge in [-0.25, -0.2) is 4.39 Å². The highest BCUT2D eigenvalue weighted by molar-refractivity contribution is 5.97. The third-order valence-corrected chi connectivity index (χ3v) is 3.74. The maximum atomic E-state index is 13.6. The van der Waals surface area contributed by atoms with Crippen LogP contribution < -0.4 is 11.2 Å². The highest BCUT2D eigenvalue weighted by Crippen LogP contribution is 2.30. The lowest BCUT2D eigenvalue weighted by Crippen LogP contribution is -2.27. The maximum absolute atomic E-state index is 13.6. The van der Waals surface area contributed by atoms with Crippen molar-refractivity contribution in [1.29, 1.82) is 0 Å². The van der Waals surface area contributed by atoms with Crippen molar-refractivity contribution in [3.8, 4) is 0 Å². The van der Waals surface area contributed by atoms with E-state index in [9.17, 15) is 14.0 Å². The number of hydrogen-bond donors (Lipinski definition) is 1. The molecule has 5 nitrogen and oxygen atoms in total. The van der Waals surface area contributed by atoms with Crippen LogP contribution >= 0.6 is 0 Å². The molecular formula is C14H15FN2O3. The lowest BCUT2D eigenvalue weighted by atomic mass is 9.96. The Kier molecular flexibility index (Phi) is 3.35. The normalized spacial score (nSPS) is 16.8. The van der Waals surface area contributed by atoms with E-state index < -0.39 is 17.2 Å². The number of halogens is 1. The fourth-order valence-electron chi connectivity index (χ4n) is 2.76. The van der Waals surface area contributed by atoms with Gasteiger partial charge in [0.05, 0.1) is 5.52 Å². The summed E-state index contributed by atoms with van der Waals surface area (Å²) in [5.41, 5.74) is 6.17. The van der Waals surface area contributed by atoms with Gasteiger partial charge in [-0.1, -0.05) is 0 Å². The van der Waals surface area contributed by atoms with E-state index in [0.717, 1.165) is 23.9 Å². The van der Waals surface area contributed by atoms with E-state index in [1.54, 1.807) is 0 Å². The minimum Gasteiger partial charge on any atom is -0.412 e. The van der Waals surface area contributed by atoms with E-state index in [-0.39, 0.29) is 22.5 Å². The van der Waals surface area contributed by atoms with E-state index in [1.807, 2.05) is 11.5 Å².